The summed E-state index contributed by atoms with van der Waals surface area (Å²) in [5.74, 6) is 1.04. The van der Waals surface area contributed by atoms with Crippen molar-refractivity contribution in [3.63, 3.8) is 0 Å². The number of thioether (sulfide) groups is 1. The zero-order valence-electron chi connectivity index (χ0n) is 11.2. The molecule has 102 valence electrons. The molecule has 0 saturated carbocycles. The third-order valence-electron chi connectivity index (χ3n) is 3.42. The summed E-state index contributed by atoms with van der Waals surface area (Å²) in [5.41, 5.74) is 2.20. The van der Waals surface area contributed by atoms with Crippen molar-refractivity contribution in [3.05, 3.63) is 66.4 Å². The predicted molar refractivity (Wildman–Crippen MR) is 85.0 cm³/mol. The molecular weight excluding hydrogens is 266 g/mol. The molecule has 1 heterocycles. The minimum atomic E-state index is 0.0973. The van der Waals surface area contributed by atoms with Gasteiger partial charge in [0.2, 0.25) is 0 Å². The Bertz CT molecular complexity index is 691. The minimum absolute atomic E-state index is 0.0973. The first kappa shape index (κ1) is 13.3. The highest BCUT2D eigenvalue weighted by molar-refractivity contribution is 7.99. The van der Waals surface area contributed by atoms with E-state index >= 15 is 0 Å². The van der Waals surface area contributed by atoms with Crippen LogP contribution in [0.2, 0.25) is 0 Å². The Balaban J connectivity index is 1.72. The first-order valence-electron chi connectivity index (χ1n) is 6.74. The number of aliphatic hydroxyl groups excluding tert-OH is 1. The summed E-state index contributed by atoms with van der Waals surface area (Å²) in [6.45, 7) is 1.07. The largest absolute Gasteiger partial charge is 0.392 e. The van der Waals surface area contributed by atoms with E-state index in [-0.39, 0.29) is 6.61 Å². The maximum absolute atomic E-state index is 9.36. The molecule has 0 aliphatic rings. The van der Waals surface area contributed by atoms with Crippen LogP contribution in [0.25, 0.3) is 10.9 Å². The van der Waals surface area contributed by atoms with E-state index in [4.69, 9.17) is 0 Å². The van der Waals surface area contributed by atoms with Gasteiger partial charge < -0.3 is 9.67 Å². The molecule has 0 spiro atoms. The van der Waals surface area contributed by atoms with Gasteiger partial charge in [0.15, 0.2) is 0 Å². The van der Waals surface area contributed by atoms with Gasteiger partial charge in [0, 0.05) is 34.3 Å². The van der Waals surface area contributed by atoms with Crippen molar-refractivity contribution in [1.82, 2.24) is 4.57 Å². The molecule has 2 aromatic carbocycles. The van der Waals surface area contributed by atoms with Crippen molar-refractivity contribution in [2.75, 3.05) is 5.75 Å². The Kier molecular flexibility index (Phi) is 4.09. The standard InChI is InChI=1S/C17H17NOS/c19-13-14-5-4-8-17-16(14)9-10-18(17)11-12-20-15-6-2-1-3-7-15/h1-10,19H,11-13H2. The Hall–Kier alpha value is -1.71. The quantitative estimate of drug-likeness (QED) is 0.718. The molecule has 0 aliphatic heterocycles. The summed E-state index contributed by atoms with van der Waals surface area (Å²) >= 11 is 1.87. The molecule has 3 heteroatoms. The molecule has 0 saturated heterocycles. The highest BCUT2D eigenvalue weighted by atomic mass is 32.2. The van der Waals surface area contributed by atoms with Crippen molar-refractivity contribution in [2.45, 2.75) is 18.0 Å². The smallest absolute Gasteiger partial charge is 0.0688 e. The van der Waals surface area contributed by atoms with E-state index in [1.165, 1.54) is 10.4 Å². The summed E-state index contributed by atoms with van der Waals surface area (Å²) < 4.78 is 2.25. The highest BCUT2D eigenvalue weighted by Gasteiger charge is 2.04. The molecule has 1 N–H and O–H groups in total. The van der Waals surface area contributed by atoms with Gasteiger partial charge in [0.05, 0.1) is 6.61 Å². The molecule has 0 radical (unpaired) electrons. The minimum Gasteiger partial charge on any atom is -0.392 e. The van der Waals surface area contributed by atoms with Crippen molar-refractivity contribution in [1.29, 1.82) is 0 Å². The summed E-state index contributed by atoms with van der Waals surface area (Å²) in [6, 6.07) is 18.7. The third-order valence-corrected chi connectivity index (χ3v) is 4.41. The van der Waals surface area contributed by atoms with Crippen LogP contribution in [0, 0.1) is 0 Å². The lowest BCUT2D eigenvalue weighted by Gasteiger charge is -2.06. The number of hydrogen-bond acceptors (Lipinski definition) is 2. The molecule has 0 amide bonds. The fourth-order valence-electron chi connectivity index (χ4n) is 2.40. The normalized spacial score (nSPS) is 11.1. The highest BCUT2D eigenvalue weighted by Crippen LogP contribution is 2.22. The van der Waals surface area contributed by atoms with E-state index in [9.17, 15) is 5.11 Å². The van der Waals surface area contributed by atoms with Gasteiger partial charge in [-0.05, 0) is 29.8 Å². The van der Waals surface area contributed by atoms with Crippen LogP contribution in [0.4, 0.5) is 0 Å². The Labute approximate surface area is 123 Å². The Morgan fingerprint density at radius 1 is 0.950 bits per heavy atom. The van der Waals surface area contributed by atoms with Gasteiger partial charge in [-0.1, -0.05) is 30.3 Å². The van der Waals surface area contributed by atoms with Gasteiger partial charge in [0.25, 0.3) is 0 Å². The summed E-state index contributed by atoms with van der Waals surface area (Å²) in [5, 5.41) is 10.5. The summed E-state index contributed by atoms with van der Waals surface area (Å²) in [7, 11) is 0. The molecular formula is C17H17NOS. The van der Waals surface area contributed by atoms with E-state index in [0.717, 1.165) is 23.2 Å². The van der Waals surface area contributed by atoms with E-state index < -0.39 is 0 Å². The fraction of sp³-hybridized carbons (Fsp3) is 0.176. The molecule has 0 atom stereocenters. The Morgan fingerprint density at radius 3 is 2.60 bits per heavy atom. The van der Waals surface area contributed by atoms with Crippen LogP contribution in [0.15, 0.2) is 65.7 Å². The number of benzene rings is 2. The predicted octanol–water partition coefficient (Wildman–Crippen LogP) is 3.93. The van der Waals surface area contributed by atoms with Crippen LogP contribution in [0.5, 0.6) is 0 Å². The molecule has 0 aliphatic carbocycles. The fourth-order valence-corrected chi connectivity index (χ4v) is 3.27. The second-order valence-corrected chi connectivity index (χ2v) is 5.85. The molecule has 3 aromatic rings. The van der Waals surface area contributed by atoms with E-state index in [0.29, 0.717) is 0 Å². The number of aromatic nitrogens is 1. The van der Waals surface area contributed by atoms with Gasteiger partial charge >= 0.3 is 0 Å². The van der Waals surface area contributed by atoms with Crippen LogP contribution in [0.3, 0.4) is 0 Å². The van der Waals surface area contributed by atoms with Crippen LogP contribution in [0.1, 0.15) is 5.56 Å². The maximum atomic E-state index is 9.36. The monoisotopic (exact) mass is 283 g/mol. The van der Waals surface area contributed by atoms with Gasteiger partial charge in [-0.15, -0.1) is 11.8 Å². The third kappa shape index (κ3) is 2.74. The first-order chi connectivity index (χ1) is 9.88. The second kappa shape index (κ2) is 6.16. The number of rotatable bonds is 5. The SMILES string of the molecule is OCc1cccc2c1ccn2CCSc1ccccc1. The molecule has 2 nitrogen and oxygen atoms in total. The lowest BCUT2D eigenvalue weighted by Crippen LogP contribution is -1.98. The molecule has 20 heavy (non-hydrogen) atoms. The zero-order chi connectivity index (χ0) is 13.8. The van der Waals surface area contributed by atoms with Crippen molar-refractivity contribution in [3.8, 4) is 0 Å². The lowest BCUT2D eigenvalue weighted by molar-refractivity contribution is 0.283. The van der Waals surface area contributed by atoms with E-state index in [1.54, 1.807) is 0 Å². The van der Waals surface area contributed by atoms with Crippen LogP contribution >= 0.6 is 11.8 Å². The average Bonchev–Trinajstić information content (AvgIpc) is 2.92. The van der Waals surface area contributed by atoms with Gasteiger partial charge in [-0.2, -0.15) is 0 Å². The van der Waals surface area contributed by atoms with Crippen LogP contribution < -0.4 is 0 Å². The van der Waals surface area contributed by atoms with E-state index in [1.807, 2.05) is 30.0 Å². The number of fused-ring (bicyclic) bond motifs is 1. The molecule has 3 rings (SSSR count). The summed E-state index contributed by atoms with van der Waals surface area (Å²) in [6.07, 6.45) is 2.11. The van der Waals surface area contributed by atoms with E-state index in [2.05, 4.69) is 47.2 Å². The summed E-state index contributed by atoms with van der Waals surface area (Å²) in [4.78, 5) is 1.31. The molecule has 0 bridgehead atoms. The maximum Gasteiger partial charge on any atom is 0.0688 e. The van der Waals surface area contributed by atoms with Gasteiger partial charge in [-0.3, -0.25) is 0 Å². The number of hydrogen-bond donors (Lipinski definition) is 1. The molecule has 1 aromatic heterocycles. The molecule has 0 unspecified atom stereocenters. The van der Waals surface area contributed by atoms with Crippen molar-refractivity contribution >= 4 is 22.7 Å². The van der Waals surface area contributed by atoms with Crippen molar-refractivity contribution < 1.29 is 5.11 Å². The average molecular weight is 283 g/mol. The van der Waals surface area contributed by atoms with Crippen molar-refractivity contribution in [2.24, 2.45) is 0 Å². The second-order valence-electron chi connectivity index (χ2n) is 4.68. The van der Waals surface area contributed by atoms with Crippen LogP contribution in [-0.2, 0) is 13.2 Å². The Morgan fingerprint density at radius 2 is 1.80 bits per heavy atom. The number of nitrogens with zero attached hydrogens (tertiary/aromatic N) is 1. The topological polar surface area (TPSA) is 25.2 Å². The van der Waals surface area contributed by atoms with Crippen LogP contribution in [-0.4, -0.2) is 15.4 Å². The zero-order valence-corrected chi connectivity index (χ0v) is 12.0. The number of aryl methyl sites for hydroxylation is 1. The van der Waals surface area contributed by atoms with Gasteiger partial charge in [0.1, 0.15) is 0 Å². The lowest BCUT2D eigenvalue weighted by atomic mass is 10.1. The molecule has 0 fully saturated rings. The first-order valence-corrected chi connectivity index (χ1v) is 7.72. The van der Waals surface area contributed by atoms with Gasteiger partial charge in [-0.25, -0.2) is 0 Å². The number of aliphatic hydroxyl groups is 1.